The Morgan fingerprint density at radius 3 is 3.20 bits per heavy atom. The van der Waals surface area contributed by atoms with Gasteiger partial charge in [0, 0.05) is 13.1 Å². The molecule has 1 aromatic heterocycles. The molecule has 0 aliphatic carbocycles. The second kappa shape index (κ2) is 7.35. The van der Waals surface area contributed by atoms with E-state index in [0.29, 0.717) is 12.5 Å². The number of nitrogens with one attached hydrogen (secondary N) is 1. The molecule has 0 amide bonds. The monoisotopic (exact) mass is 284 g/mol. The van der Waals surface area contributed by atoms with Crippen LogP contribution in [0.15, 0.2) is 6.20 Å². The molecule has 20 heavy (non-hydrogen) atoms. The Hall–Kier alpha value is -1.47. The van der Waals surface area contributed by atoms with Gasteiger partial charge in [-0.05, 0) is 32.4 Å². The molecule has 1 fully saturated rings. The predicted molar refractivity (Wildman–Crippen MR) is 73.3 cm³/mol. The zero-order chi connectivity index (χ0) is 14.4. The summed E-state index contributed by atoms with van der Waals surface area (Å²) < 4.78 is 17.9. The number of likely N-dealkylation sites (tertiary alicyclic amines) is 1. The number of methoxy groups -OCH3 is 1. The van der Waals surface area contributed by atoms with Gasteiger partial charge in [-0.1, -0.05) is 0 Å². The average Bonchev–Trinajstić information content (AvgIpc) is 2.45. The molecule has 0 aromatic carbocycles. The fourth-order valence-corrected chi connectivity index (χ4v) is 2.32. The molecule has 0 saturated carbocycles. The third kappa shape index (κ3) is 4.28. The van der Waals surface area contributed by atoms with Crippen molar-refractivity contribution in [2.75, 3.05) is 38.6 Å². The van der Waals surface area contributed by atoms with E-state index in [1.807, 2.05) is 0 Å². The minimum absolute atomic E-state index is 0.0540. The Balaban J connectivity index is 1.70. The molecule has 2 heterocycles. The molecule has 112 valence electrons. The van der Waals surface area contributed by atoms with Crippen LogP contribution < -0.4 is 10.1 Å². The number of hydrogen-bond donors (Lipinski definition) is 2. The van der Waals surface area contributed by atoms with E-state index in [2.05, 4.69) is 20.2 Å². The van der Waals surface area contributed by atoms with Crippen LogP contribution in [0.25, 0.3) is 0 Å². The summed E-state index contributed by atoms with van der Waals surface area (Å²) in [6.45, 7) is 3.41. The topological polar surface area (TPSA) is 70.5 Å². The molecule has 7 heteroatoms. The minimum atomic E-state index is -0.569. The first-order valence-electron chi connectivity index (χ1n) is 6.90. The summed E-state index contributed by atoms with van der Waals surface area (Å²) >= 11 is 0. The van der Waals surface area contributed by atoms with Crippen LogP contribution in [0.5, 0.6) is 5.88 Å². The normalized spacial score (nSPS) is 19.9. The first-order valence-corrected chi connectivity index (χ1v) is 6.90. The lowest BCUT2D eigenvalue weighted by molar-refractivity contribution is 0.0706. The third-order valence-corrected chi connectivity index (χ3v) is 3.32. The Morgan fingerprint density at radius 1 is 1.60 bits per heavy atom. The number of aliphatic hydroxyl groups excluding tert-OH is 1. The SMILES string of the molecule is COc1nc(NCCCN2CCC[C@H](O)C2)ncc1F. The second-order valence-corrected chi connectivity index (χ2v) is 4.93. The highest BCUT2D eigenvalue weighted by molar-refractivity contribution is 5.28. The van der Waals surface area contributed by atoms with E-state index in [1.54, 1.807) is 0 Å². The van der Waals surface area contributed by atoms with E-state index in [9.17, 15) is 9.50 Å². The van der Waals surface area contributed by atoms with Crippen molar-refractivity contribution in [3.63, 3.8) is 0 Å². The summed E-state index contributed by atoms with van der Waals surface area (Å²) in [5, 5.41) is 12.6. The Labute approximate surface area is 118 Å². The van der Waals surface area contributed by atoms with Gasteiger partial charge in [0.25, 0.3) is 5.88 Å². The molecule has 1 atom stereocenters. The zero-order valence-electron chi connectivity index (χ0n) is 11.7. The smallest absolute Gasteiger partial charge is 0.255 e. The molecule has 1 aromatic rings. The van der Waals surface area contributed by atoms with Crippen molar-refractivity contribution in [1.29, 1.82) is 0 Å². The number of ether oxygens (including phenoxy) is 1. The number of aliphatic hydroxyl groups is 1. The van der Waals surface area contributed by atoms with Crippen molar-refractivity contribution in [3.8, 4) is 5.88 Å². The maximum atomic E-state index is 13.1. The fourth-order valence-electron chi connectivity index (χ4n) is 2.32. The highest BCUT2D eigenvalue weighted by atomic mass is 19.1. The third-order valence-electron chi connectivity index (χ3n) is 3.32. The number of rotatable bonds is 6. The Morgan fingerprint density at radius 2 is 2.45 bits per heavy atom. The quantitative estimate of drug-likeness (QED) is 0.756. The van der Waals surface area contributed by atoms with E-state index in [0.717, 1.165) is 45.1 Å². The Bertz CT molecular complexity index is 433. The molecule has 1 aliphatic heterocycles. The number of anilines is 1. The maximum Gasteiger partial charge on any atom is 0.255 e. The highest BCUT2D eigenvalue weighted by Gasteiger charge is 2.16. The van der Waals surface area contributed by atoms with Crippen LogP contribution in [-0.2, 0) is 0 Å². The molecule has 0 radical (unpaired) electrons. The summed E-state index contributed by atoms with van der Waals surface area (Å²) in [5.74, 6) is -0.260. The summed E-state index contributed by atoms with van der Waals surface area (Å²) in [6.07, 6.45) is 3.76. The molecular formula is C13H21FN4O2. The second-order valence-electron chi connectivity index (χ2n) is 4.93. The fraction of sp³-hybridized carbons (Fsp3) is 0.692. The number of nitrogens with zero attached hydrogens (tertiary/aromatic N) is 3. The molecule has 0 unspecified atom stereocenters. The molecule has 2 N–H and O–H groups in total. The van der Waals surface area contributed by atoms with Crippen molar-refractivity contribution in [3.05, 3.63) is 12.0 Å². The number of aromatic nitrogens is 2. The number of piperidine rings is 1. The highest BCUT2D eigenvalue weighted by Crippen LogP contribution is 2.13. The van der Waals surface area contributed by atoms with Gasteiger partial charge in [-0.15, -0.1) is 0 Å². The molecule has 2 rings (SSSR count). The van der Waals surface area contributed by atoms with Crippen molar-refractivity contribution < 1.29 is 14.2 Å². The van der Waals surface area contributed by atoms with E-state index in [1.165, 1.54) is 7.11 Å². The van der Waals surface area contributed by atoms with Gasteiger partial charge in [-0.2, -0.15) is 9.37 Å². The summed E-state index contributed by atoms with van der Waals surface area (Å²) in [4.78, 5) is 10.0. The van der Waals surface area contributed by atoms with Gasteiger partial charge >= 0.3 is 0 Å². The minimum Gasteiger partial charge on any atom is -0.479 e. The van der Waals surface area contributed by atoms with E-state index in [4.69, 9.17) is 4.74 Å². The lowest BCUT2D eigenvalue weighted by Crippen LogP contribution is -2.39. The van der Waals surface area contributed by atoms with Crippen LogP contribution in [0.2, 0.25) is 0 Å². The Kier molecular flexibility index (Phi) is 5.49. The van der Waals surface area contributed by atoms with Crippen LogP contribution >= 0.6 is 0 Å². The van der Waals surface area contributed by atoms with Crippen LogP contribution in [0.4, 0.5) is 10.3 Å². The lowest BCUT2D eigenvalue weighted by atomic mass is 10.1. The molecule has 6 nitrogen and oxygen atoms in total. The molecular weight excluding hydrogens is 263 g/mol. The number of halogens is 1. The van der Waals surface area contributed by atoms with Crippen LogP contribution in [0.1, 0.15) is 19.3 Å². The first kappa shape index (κ1) is 14.9. The number of β-amino-alcohol motifs (C(OH)–C–C–N with tert-alkyl or cyclic N) is 1. The van der Waals surface area contributed by atoms with E-state index >= 15 is 0 Å². The van der Waals surface area contributed by atoms with Crippen LogP contribution in [-0.4, -0.2) is 59.4 Å². The van der Waals surface area contributed by atoms with Crippen LogP contribution in [0, 0.1) is 5.82 Å². The summed E-state index contributed by atoms with van der Waals surface area (Å²) in [5.41, 5.74) is 0. The molecule has 0 bridgehead atoms. The van der Waals surface area contributed by atoms with Gasteiger partial charge in [-0.25, -0.2) is 4.98 Å². The summed E-state index contributed by atoms with van der Waals surface area (Å²) in [7, 11) is 1.37. The van der Waals surface area contributed by atoms with Crippen molar-refractivity contribution >= 4 is 5.95 Å². The largest absolute Gasteiger partial charge is 0.479 e. The average molecular weight is 284 g/mol. The van der Waals surface area contributed by atoms with Gasteiger partial charge in [0.05, 0.1) is 19.4 Å². The predicted octanol–water partition coefficient (Wildman–Crippen LogP) is 0.883. The van der Waals surface area contributed by atoms with Gasteiger partial charge in [0.1, 0.15) is 0 Å². The lowest BCUT2D eigenvalue weighted by Gasteiger charge is -2.29. The van der Waals surface area contributed by atoms with Crippen molar-refractivity contribution in [2.45, 2.75) is 25.4 Å². The standard InChI is InChI=1S/C13H21FN4O2/c1-20-12-11(14)8-16-13(17-12)15-5-3-7-18-6-2-4-10(19)9-18/h8,10,19H,2-7,9H2,1H3,(H,15,16,17)/t10-/m0/s1. The van der Waals surface area contributed by atoms with Gasteiger partial charge < -0.3 is 20.1 Å². The van der Waals surface area contributed by atoms with Crippen LogP contribution in [0.3, 0.4) is 0 Å². The first-order chi connectivity index (χ1) is 9.69. The number of hydrogen-bond acceptors (Lipinski definition) is 6. The van der Waals surface area contributed by atoms with E-state index in [-0.39, 0.29) is 12.0 Å². The summed E-state index contributed by atoms with van der Waals surface area (Å²) in [6, 6.07) is 0. The zero-order valence-corrected chi connectivity index (χ0v) is 11.7. The van der Waals surface area contributed by atoms with E-state index < -0.39 is 5.82 Å². The molecule has 1 aliphatic rings. The maximum absolute atomic E-state index is 13.1. The van der Waals surface area contributed by atoms with Crippen molar-refractivity contribution in [2.24, 2.45) is 0 Å². The van der Waals surface area contributed by atoms with Gasteiger partial charge in [0.15, 0.2) is 0 Å². The molecule has 1 saturated heterocycles. The van der Waals surface area contributed by atoms with Gasteiger partial charge in [-0.3, -0.25) is 0 Å². The van der Waals surface area contributed by atoms with Gasteiger partial charge in [0.2, 0.25) is 11.8 Å². The van der Waals surface area contributed by atoms with Crippen molar-refractivity contribution in [1.82, 2.24) is 14.9 Å². The molecule has 0 spiro atoms.